The quantitative estimate of drug-likeness (QED) is 0.624. The molecule has 2 rings (SSSR count). The normalized spacial score (nSPS) is 18.7. The van der Waals surface area contributed by atoms with Crippen molar-refractivity contribution < 1.29 is 9.13 Å². The number of ether oxygens (including phenoxy) is 1. The highest BCUT2D eigenvalue weighted by molar-refractivity contribution is 9.10. The third kappa shape index (κ3) is 4.02. The average Bonchev–Trinajstić information content (AvgIpc) is 2.48. The van der Waals surface area contributed by atoms with Crippen molar-refractivity contribution in [2.24, 2.45) is 5.84 Å². The maximum Gasteiger partial charge on any atom is 0.126 e. The van der Waals surface area contributed by atoms with Crippen LogP contribution in [-0.2, 0) is 11.2 Å². The van der Waals surface area contributed by atoms with Gasteiger partial charge in [0, 0.05) is 29.1 Å². The summed E-state index contributed by atoms with van der Waals surface area (Å²) < 4.78 is 20.2. The van der Waals surface area contributed by atoms with Gasteiger partial charge in [-0.1, -0.05) is 15.9 Å². The largest absolute Gasteiger partial charge is 0.379 e. The number of hydrogen-bond acceptors (Lipinski definition) is 4. The standard InChI is InChI=1S/C15H23BrFN3O/c1-15(2,20-5-7-21-8-6-20)14(19-18)10-11-9-12(16)3-4-13(11)17/h3-4,9,14,19H,5-8,10,18H2,1-2H3. The van der Waals surface area contributed by atoms with E-state index in [2.05, 4.69) is 40.1 Å². The van der Waals surface area contributed by atoms with Gasteiger partial charge in [-0.15, -0.1) is 0 Å². The number of hydrogen-bond donors (Lipinski definition) is 2. The highest BCUT2D eigenvalue weighted by atomic mass is 79.9. The predicted molar refractivity (Wildman–Crippen MR) is 85.4 cm³/mol. The fourth-order valence-corrected chi connectivity index (χ4v) is 3.20. The SMILES string of the molecule is CC(C)(C(Cc1cc(Br)ccc1F)NN)N1CCOCC1. The van der Waals surface area contributed by atoms with Gasteiger partial charge in [-0.25, -0.2) is 4.39 Å². The van der Waals surface area contributed by atoms with Crippen molar-refractivity contribution in [1.29, 1.82) is 0 Å². The zero-order valence-electron chi connectivity index (χ0n) is 12.5. The monoisotopic (exact) mass is 359 g/mol. The topological polar surface area (TPSA) is 50.5 Å². The molecular weight excluding hydrogens is 337 g/mol. The zero-order valence-corrected chi connectivity index (χ0v) is 14.1. The summed E-state index contributed by atoms with van der Waals surface area (Å²) in [4.78, 5) is 2.34. The minimum absolute atomic E-state index is 0.0561. The number of halogens is 2. The van der Waals surface area contributed by atoms with Gasteiger partial charge in [0.25, 0.3) is 0 Å². The molecule has 1 unspecified atom stereocenters. The molecule has 4 nitrogen and oxygen atoms in total. The summed E-state index contributed by atoms with van der Waals surface area (Å²) >= 11 is 3.39. The summed E-state index contributed by atoms with van der Waals surface area (Å²) in [5.74, 6) is 5.56. The molecule has 1 aliphatic rings. The third-order valence-electron chi connectivity index (χ3n) is 4.31. The van der Waals surface area contributed by atoms with E-state index >= 15 is 0 Å². The number of nitrogens with zero attached hydrogens (tertiary/aromatic N) is 1. The van der Waals surface area contributed by atoms with Crippen LogP contribution in [0, 0.1) is 5.82 Å². The molecule has 1 heterocycles. The number of hydrazine groups is 1. The number of rotatable bonds is 5. The lowest BCUT2D eigenvalue weighted by Gasteiger charge is -2.45. The van der Waals surface area contributed by atoms with Crippen molar-refractivity contribution in [2.75, 3.05) is 26.3 Å². The summed E-state index contributed by atoms with van der Waals surface area (Å²) in [6, 6.07) is 4.94. The summed E-state index contributed by atoms with van der Waals surface area (Å²) in [5.41, 5.74) is 3.34. The molecule has 0 amide bonds. The zero-order chi connectivity index (χ0) is 15.5. The highest BCUT2D eigenvalue weighted by Crippen LogP contribution is 2.25. The van der Waals surface area contributed by atoms with Gasteiger partial charge in [-0.05, 0) is 44.0 Å². The van der Waals surface area contributed by atoms with E-state index in [4.69, 9.17) is 10.6 Å². The fourth-order valence-electron chi connectivity index (χ4n) is 2.79. The van der Waals surface area contributed by atoms with Crippen LogP contribution in [0.5, 0.6) is 0 Å². The molecular formula is C15H23BrFN3O. The predicted octanol–water partition coefficient (Wildman–Crippen LogP) is 2.07. The van der Waals surface area contributed by atoms with Crippen LogP contribution in [0.4, 0.5) is 4.39 Å². The summed E-state index contributed by atoms with van der Waals surface area (Å²) in [5, 5.41) is 0. The summed E-state index contributed by atoms with van der Waals surface area (Å²) in [7, 11) is 0. The van der Waals surface area contributed by atoms with Gasteiger partial charge in [0.2, 0.25) is 0 Å². The van der Waals surface area contributed by atoms with Crippen molar-refractivity contribution in [3.63, 3.8) is 0 Å². The van der Waals surface area contributed by atoms with Crippen LogP contribution in [0.15, 0.2) is 22.7 Å². The Labute approximate surface area is 133 Å². The Bertz CT molecular complexity index is 478. The molecule has 0 spiro atoms. The van der Waals surface area contributed by atoms with Crippen molar-refractivity contribution in [3.05, 3.63) is 34.1 Å². The summed E-state index contributed by atoms with van der Waals surface area (Å²) in [6.07, 6.45) is 0.534. The average molecular weight is 360 g/mol. The summed E-state index contributed by atoms with van der Waals surface area (Å²) in [6.45, 7) is 7.47. The second-order valence-electron chi connectivity index (χ2n) is 5.91. The first-order valence-electron chi connectivity index (χ1n) is 7.18. The van der Waals surface area contributed by atoms with Crippen LogP contribution in [0.25, 0.3) is 0 Å². The maximum absolute atomic E-state index is 14.0. The molecule has 0 saturated carbocycles. The van der Waals surface area contributed by atoms with Crippen LogP contribution in [0.3, 0.4) is 0 Å². The van der Waals surface area contributed by atoms with Crippen LogP contribution in [0.2, 0.25) is 0 Å². The molecule has 1 saturated heterocycles. The van der Waals surface area contributed by atoms with E-state index in [9.17, 15) is 4.39 Å². The molecule has 1 aromatic rings. The third-order valence-corrected chi connectivity index (χ3v) is 4.81. The van der Waals surface area contributed by atoms with Crippen molar-refractivity contribution >= 4 is 15.9 Å². The molecule has 3 N–H and O–H groups in total. The Morgan fingerprint density at radius 1 is 1.43 bits per heavy atom. The van der Waals surface area contributed by atoms with E-state index in [1.165, 1.54) is 6.07 Å². The Hall–Kier alpha value is -0.530. The van der Waals surface area contributed by atoms with E-state index in [1.54, 1.807) is 6.07 Å². The van der Waals surface area contributed by atoms with E-state index in [1.807, 2.05) is 6.07 Å². The number of morpholine rings is 1. The van der Waals surface area contributed by atoms with Crippen LogP contribution >= 0.6 is 15.9 Å². The first kappa shape index (κ1) is 16.8. The lowest BCUT2D eigenvalue weighted by molar-refractivity contribution is -0.0233. The van der Waals surface area contributed by atoms with Gasteiger partial charge in [0.05, 0.1) is 13.2 Å². The second-order valence-corrected chi connectivity index (χ2v) is 6.83. The molecule has 1 atom stereocenters. The van der Waals surface area contributed by atoms with E-state index in [0.29, 0.717) is 12.0 Å². The number of nitrogens with two attached hydrogens (primary N) is 1. The van der Waals surface area contributed by atoms with Crippen LogP contribution in [-0.4, -0.2) is 42.8 Å². The van der Waals surface area contributed by atoms with Crippen LogP contribution < -0.4 is 11.3 Å². The van der Waals surface area contributed by atoms with Gasteiger partial charge < -0.3 is 4.74 Å². The maximum atomic E-state index is 14.0. The highest BCUT2D eigenvalue weighted by Gasteiger charge is 2.36. The minimum Gasteiger partial charge on any atom is -0.379 e. The number of benzene rings is 1. The van der Waals surface area contributed by atoms with Gasteiger partial charge in [0.15, 0.2) is 0 Å². The molecule has 0 radical (unpaired) electrons. The van der Waals surface area contributed by atoms with Gasteiger partial charge in [-0.3, -0.25) is 16.2 Å². The van der Waals surface area contributed by atoms with Crippen molar-refractivity contribution in [1.82, 2.24) is 10.3 Å². The molecule has 0 aliphatic carbocycles. The first-order valence-corrected chi connectivity index (χ1v) is 7.97. The van der Waals surface area contributed by atoms with Gasteiger partial charge in [-0.2, -0.15) is 0 Å². The smallest absolute Gasteiger partial charge is 0.126 e. The molecule has 118 valence electrons. The lowest BCUT2D eigenvalue weighted by Crippen LogP contribution is -2.62. The Kier molecular flexibility index (Phi) is 5.73. The molecule has 1 fully saturated rings. The molecule has 1 aromatic carbocycles. The van der Waals surface area contributed by atoms with Crippen LogP contribution in [0.1, 0.15) is 19.4 Å². The Balaban J connectivity index is 2.16. The molecule has 6 heteroatoms. The Morgan fingerprint density at radius 2 is 2.10 bits per heavy atom. The van der Waals surface area contributed by atoms with E-state index in [0.717, 1.165) is 30.8 Å². The molecule has 0 bridgehead atoms. The van der Waals surface area contributed by atoms with Gasteiger partial charge >= 0.3 is 0 Å². The second kappa shape index (κ2) is 7.15. The molecule has 21 heavy (non-hydrogen) atoms. The molecule has 1 aliphatic heterocycles. The first-order chi connectivity index (χ1) is 9.95. The lowest BCUT2D eigenvalue weighted by atomic mass is 9.87. The van der Waals surface area contributed by atoms with Crippen molar-refractivity contribution in [2.45, 2.75) is 31.8 Å². The van der Waals surface area contributed by atoms with E-state index in [-0.39, 0.29) is 17.4 Å². The van der Waals surface area contributed by atoms with E-state index < -0.39 is 0 Å². The van der Waals surface area contributed by atoms with Crippen molar-refractivity contribution in [3.8, 4) is 0 Å². The van der Waals surface area contributed by atoms with Gasteiger partial charge in [0.1, 0.15) is 5.82 Å². The minimum atomic E-state index is -0.198. The molecule has 0 aromatic heterocycles. The number of nitrogens with one attached hydrogen (secondary N) is 1. The fraction of sp³-hybridized carbons (Fsp3) is 0.600. The Morgan fingerprint density at radius 3 is 2.71 bits per heavy atom.